The van der Waals surface area contributed by atoms with E-state index in [2.05, 4.69) is 22.9 Å². The van der Waals surface area contributed by atoms with Crippen LogP contribution < -0.4 is 0 Å². The van der Waals surface area contributed by atoms with Gasteiger partial charge in [-0.15, -0.1) is 0 Å². The van der Waals surface area contributed by atoms with Crippen LogP contribution in [0.2, 0.25) is 0 Å². The fourth-order valence-corrected chi connectivity index (χ4v) is 3.42. The van der Waals surface area contributed by atoms with E-state index in [1.807, 2.05) is 56.3 Å². The van der Waals surface area contributed by atoms with Crippen molar-refractivity contribution in [2.45, 2.75) is 33.1 Å². The average Bonchev–Trinajstić information content (AvgIpc) is 2.39. The number of ketones is 1. The van der Waals surface area contributed by atoms with Crippen LogP contribution >= 0.6 is 15.9 Å². The van der Waals surface area contributed by atoms with Crippen molar-refractivity contribution in [2.24, 2.45) is 0 Å². The molecule has 0 saturated carbocycles. The summed E-state index contributed by atoms with van der Waals surface area (Å²) in [6, 6.07) is 14.1. The summed E-state index contributed by atoms with van der Waals surface area (Å²) in [5.41, 5.74) is 4.04. The van der Waals surface area contributed by atoms with Crippen LogP contribution in [0.4, 0.5) is 0 Å². The van der Waals surface area contributed by atoms with Crippen molar-refractivity contribution in [1.29, 1.82) is 0 Å². The fraction of sp³-hybridized carbons (Fsp3) is 0.278. The Bertz CT molecular complexity index is 594. The van der Waals surface area contributed by atoms with Crippen molar-refractivity contribution < 1.29 is 4.79 Å². The summed E-state index contributed by atoms with van der Waals surface area (Å²) in [5, 5.41) is 0. The molecule has 0 aliphatic rings. The first-order chi connectivity index (χ1) is 9.54. The maximum Gasteiger partial charge on any atom is 0.170 e. The Kier molecular flexibility index (Phi) is 4.77. The van der Waals surface area contributed by atoms with E-state index in [1.165, 1.54) is 0 Å². The number of benzene rings is 2. The van der Waals surface area contributed by atoms with Crippen LogP contribution in [0.25, 0.3) is 0 Å². The Morgan fingerprint density at radius 3 is 2.15 bits per heavy atom. The number of halogens is 1. The Morgan fingerprint density at radius 2 is 1.65 bits per heavy atom. The topological polar surface area (TPSA) is 17.1 Å². The van der Waals surface area contributed by atoms with Gasteiger partial charge in [-0.2, -0.15) is 0 Å². The Balaban J connectivity index is 2.45. The SMILES string of the molecule is CCC(C(=O)c1c(C)cc(Br)cc1C)c1ccccc1. The average molecular weight is 331 g/mol. The molecule has 0 bridgehead atoms. The Hall–Kier alpha value is -1.41. The number of aryl methyl sites for hydroxylation is 2. The highest BCUT2D eigenvalue weighted by atomic mass is 79.9. The molecule has 2 aromatic carbocycles. The molecule has 0 aromatic heterocycles. The van der Waals surface area contributed by atoms with Gasteiger partial charge < -0.3 is 0 Å². The monoisotopic (exact) mass is 330 g/mol. The zero-order valence-corrected chi connectivity index (χ0v) is 13.7. The minimum atomic E-state index is -0.0604. The summed E-state index contributed by atoms with van der Waals surface area (Å²) in [7, 11) is 0. The van der Waals surface area contributed by atoms with Crippen molar-refractivity contribution >= 4 is 21.7 Å². The highest BCUT2D eigenvalue weighted by Crippen LogP contribution is 2.29. The quantitative estimate of drug-likeness (QED) is 0.682. The zero-order chi connectivity index (χ0) is 14.7. The molecule has 2 aromatic rings. The van der Waals surface area contributed by atoms with Crippen LogP contribution in [-0.2, 0) is 0 Å². The summed E-state index contributed by atoms with van der Waals surface area (Å²) in [6.45, 7) is 6.07. The molecule has 0 saturated heterocycles. The maximum atomic E-state index is 12.9. The molecule has 104 valence electrons. The van der Waals surface area contributed by atoms with E-state index < -0.39 is 0 Å². The largest absolute Gasteiger partial charge is 0.293 e. The maximum absolute atomic E-state index is 12.9. The van der Waals surface area contributed by atoms with Gasteiger partial charge in [-0.25, -0.2) is 0 Å². The van der Waals surface area contributed by atoms with Crippen molar-refractivity contribution in [2.75, 3.05) is 0 Å². The van der Waals surface area contributed by atoms with E-state index in [4.69, 9.17) is 0 Å². The molecule has 0 aliphatic carbocycles. The third-order valence-corrected chi connectivity index (χ3v) is 4.13. The predicted octanol–water partition coefficient (Wildman–Crippen LogP) is 5.44. The second-order valence-electron chi connectivity index (χ2n) is 5.15. The molecule has 0 heterocycles. The summed E-state index contributed by atoms with van der Waals surface area (Å²) >= 11 is 3.48. The van der Waals surface area contributed by atoms with Crippen LogP contribution in [0.15, 0.2) is 46.9 Å². The molecule has 1 unspecified atom stereocenters. The molecule has 2 heteroatoms. The molecule has 0 amide bonds. The van der Waals surface area contributed by atoms with Gasteiger partial charge in [0.05, 0.1) is 0 Å². The highest BCUT2D eigenvalue weighted by molar-refractivity contribution is 9.10. The van der Waals surface area contributed by atoms with Crippen LogP contribution in [0.5, 0.6) is 0 Å². The Morgan fingerprint density at radius 1 is 1.10 bits per heavy atom. The molecule has 2 rings (SSSR count). The third kappa shape index (κ3) is 3.01. The lowest BCUT2D eigenvalue weighted by molar-refractivity contribution is 0.0956. The lowest BCUT2D eigenvalue weighted by atomic mass is 9.85. The predicted molar refractivity (Wildman–Crippen MR) is 87.4 cm³/mol. The number of hydrogen-bond acceptors (Lipinski definition) is 1. The van der Waals surface area contributed by atoms with Gasteiger partial charge in [0.1, 0.15) is 0 Å². The zero-order valence-electron chi connectivity index (χ0n) is 12.1. The first-order valence-electron chi connectivity index (χ1n) is 6.90. The van der Waals surface area contributed by atoms with Gasteiger partial charge in [-0.3, -0.25) is 4.79 Å². The molecular formula is C18H19BrO. The van der Waals surface area contributed by atoms with Gasteiger partial charge >= 0.3 is 0 Å². The van der Waals surface area contributed by atoms with E-state index in [9.17, 15) is 4.79 Å². The van der Waals surface area contributed by atoms with E-state index in [1.54, 1.807) is 0 Å². The van der Waals surface area contributed by atoms with Crippen LogP contribution in [0.1, 0.15) is 46.3 Å². The minimum absolute atomic E-state index is 0.0604. The molecule has 0 N–H and O–H groups in total. The molecule has 0 fully saturated rings. The molecule has 1 atom stereocenters. The number of carbonyl (C=O) groups excluding carboxylic acids is 1. The van der Waals surface area contributed by atoms with E-state index >= 15 is 0 Å². The standard InChI is InChI=1S/C18H19BrO/c1-4-16(14-8-6-5-7-9-14)18(20)17-12(2)10-15(19)11-13(17)3/h5-11,16H,4H2,1-3H3. The van der Waals surface area contributed by atoms with Crippen molar-refractivity contribution in [3.63, 3.8) is 0 Å². The van der Waals surface area contributed by atoms with Gasteiger partial charge in [0.2, 0.25) is 0 Å². The molecule has 1 nitrogen and oxygen atoms in total. The van der Waals surface area contributed by atoms with E-state index in [-0.39, 0.29) is 11.7 Å². The summed E-state index contributed by atoms with van der Waals surface area (Å²) in [6.07, 6.45) is 0.817. The second kappa shape index (κ2) is 6.36. The molecule has 0 spiro atoms. The van der Waals surface area contributed by atoms with Gasteiger partial charge in [-0.1, -0.05) is 53.2 Å². The smallest absolute Gasteiger partial charge is 0.170 e. The number of Topliss-reactive ketones (excluding diaryl/α,β-unsaturated/α-hetero) is 1. The van der Waals surface area contributed by atoms with Crippen LogP contribution in [0.3, 0.4) is 0 Å². The van der Waals surface area contributed by atoms with Crippen molar-refractivity contribution in [3.05, 3.63) is 69.2 Å². The normalized spacial score (nSPS) is 12.2. The molecule has 0 radical (unpaired) electrons. The van der Waals surface area contributed by atoms with E-state index in [0.29, 0.717) is 0 Å². The Labute approximate surface area is 129 Å². The van der Waals surface area contributed by atoms with Crippen molar-refractivity contribution in [3.8, 4) is 0 Å². The van der Waals surface area contributed by atoms with Crippen LogP contribution in [0, 0.1) is 13.8 Å². The second-order valence-corrected chi connectivity index (χ2v) is 6.07. The van der Waals surface area contributed by atoms with Gasteiger partial charge in [0, 0.05) is 16.0 Å². The van der Waals surface area contributed by atoms with Gasteiger partial charge in [-0.05, 0) is 49.1 Å². The van der Waals surface area contributed by atoms with E-state index in [0.717, 1.165) is 33.1 Å². The molecule has 0 aliphatic heterocycles. The number of hydrogen-bond donors (Lipinski definition) is 0. The summed E-state index contributed by atoms with van der Waals surface area (Å²) in [4.78, 5) is 12.9. The lowest BCUT2D eigenvalue weighted by Gasteiger charge is -2.17. The fourth-order valence-electron chi connectivity index (χ4n) is 2.73. The van der Waals surface area contributed by atoms with Crippen LogP contribution in [-0.4, -0.2) is 5.78 Å². The molecular weight excluding hydrogens is 312 g/mol. The summed E-state index contributed by atoms with van der Waals surface area (Å²) < 4.78 is 1.02. The first-order valence-corrected chi connectivity index (χ1v) is 7.69. The van der Waals surface area contributed by atoms with Gasteiger partial charge in [0.15, 0.2) is 5.78 Å². The minimum Gasteiger partial charge on any atom is -0.293 e. The number of carbonyl (C=O) groups is 1. The van der Waals surface area contributed by atoms with Crippen molar-refractivity contribution in [1.82, 2.24) is 0 Å². The van der Waals surface area contributed by atoms with Gasteiger partial charge in [0.25, 0.3) is 0 Å². The first kappa shape index (κ1) is 15.0. The highest BCUT2D eigenvalue weighted by Gasteiger charge is 2.23. The summed E-state index contributed by atoms with van der Waals surface area (Å²) in [5.74, 6) is 0.163. The lowest BCUT2D eigenvalue weighted by Crippen LogP contribution is -2.15. The number of rotatable bonds is 4. The third-order valence-electron chi connectivity index (χ3n) is 3.67. The molecule has 20 heavy (non-hydrogen) atoms.